The number of aliphatic hydroxyl groups is 4. The average molecular weight is 588 g/mol. The molecule has 216 valence electrons. The van der Waals surface area contributed by atoms with E-state index in [1.807, 2.05) is 6.92 Å². The van der Waals surface area contributed by atoms with Gasteiger partial charge in [-0.25, -0.2) is 15.0 Å². The highest BCUT2D eigenvalue weighted by Crippen LogP contribution is 2.34. The fraction of sp³-hybridized carbons (Fsp3) is 0.360. The summed E-state index contributed by atoms with van der Waals surface area (Å²) in [6.07, 6.45) is -1.33. The van der Waals surface area contributed by atoms with Crippen molar-refractivity contribution in [3.05, 3.63) is 75.4 Å². The molecule has 0 spiro atoms. The van der Waals surface area contributed by atoms with E-state index in [0.717, 1.165) is 5.56 Å². The molecule has 0 radical (unpaired) electrons. The number of carbonyl (C=O) groups is 1. The Labute approximate surface area is 236 Å². The molecule has 6 N–H and O–H groups in total. The number of benzene rings is 1. The molecule has 3 heterocycles. The molecule has 1 saturated heterocycles. The first-order valence-electron chi connectivity index (χ1n) is 12.5. The van der Waals surface area contributed by atoms with Crippen molar-refractivity contribution in [2.24, 2.45) is 0 Å². The van der Waals surface area contributed by atoms with Gasteiger partial charge in [-0.1, -0.05) is 23.7 Å². The number of non-ortho nitro benzene ring substituents is 1. The Balaban J connectivity index is 1.41. The van der Waals surface area contributed by atoms with Gasteiger partial charge in [-0.15, -0.1) is 0 Å². The van der Waals surface area contributed by atoms with Crippen molar-refractivity contribution in [3.63, 3.8) is 0 Å². The Morgan fingerprint density at radius 2 is 1.90 bits per heavy atom. The molecule has 2 unspecified atom stereocenters. The summed E-state index contributed by atoms with van der Waals surface area (Å²) in [6.45, 7) is 1.29. The monoisotopic (exact) mass is 587 g/mol. The number of carbonyl (C=O) groups excluding carboxylic acids is 1. The number of imidazole rings is 1. The summed E-state index contributed by atoms with van der Waals surface area (Å²) in [5, 5.41) is 57.8. The molecule has 5 rings (SSSR count). The molecule has 1 aliphatic heterocycles. The van der Waals surface area contributed by atoms with E-state index in [0.29, 0.717) is 11.3 Å². The van der Waals surface area contributed by atoms with Crippen LogP contribution < -0.4 is 10.6 Å². The van der Waals surface area contributed by atoms with Gasteiger partial charge in [-0.3, -0.25) is 19.5 Å². The Morgan fingerprint density at radius 1 is 1.17 bits per heavy atom. The minimum atomic E-state index is -1.59. The highest BCUT2D eigenvalue weighted by atomic mass is 35.5. The summed E-state index contributed by atoms with van der Waals surface area (Å²) in [5.74, 6) is -0.433. The van der Waals surface area contributed by atoms with E-state index in [-0.39, 0.29) is 28.0 Å². The summed E-state index contributed by atoms with van der Waals surface area (Å²) in [7, 11) is 0. The Morgan fingerprint density at radius 3 is 2.59 bits per heavy atom. The highest BCUT2D eigenvalue weighted by Gasteiger charge is 2.46. The van der Waals surface area contributed by atoms with Crippen molar-refractivity contribution < 1.29 is 34.9 Å². The van der Waals surface area contributed by atoms with Crippen molar-refractivity contribution in [3.8, 4) is 0 Å². The quantitative estimate of drug-likeness (QED) is 0.156. The highest BCUT2D eigenvalue weighted by molar-refractivity contribution is 6.30. The zero-order chi connectivity index (χ0) is 29.4. The molecule has 2 aromatic heterocycles. The fourth-order valence-electron chi connectivity index (χ4n) is 4.74. The molecular weight excluding hydrogens is 562 g/mol. The lowest BCUT2D eigenvalue weighted by atomic mass is 9.97. The van der Waals surface area contributed by atoms with Crippen LogP contribution in [0.5, 0.6) is 0 Å². The molecule has 7 atom stereocenters. The Hall–Kier alpha value is -3.99. The van der Waals surface area contributed by atoms with E-state index in [1.54, 1.807) is 12.1 Å². The lowest BCUT2D eigenvalue weighted by Crippen LogP contribution is -2.49. The summed E-state index contributed by atoms with van der Waals surface area (Å²) in [5.41, 5.74) is 1.18. The number of aromatic nitrogens is 4. The second-order valence-electron chi connectivity index (χ2n) is 9.56. The van der Waals surface area contributed by atoms with Crippen molar-refractivity contribution in [1.29, 1.82) is 0 Å². The summed E-state index contributed by atoms with van der Waals surface area (Å²) < 4.78 is 7.34. The largest absolute Gasteiger partial charge is 0.394 e. The predicted octanol–water partition coefficient (Wildman–Crippen LogP) is 0.428. The number of anilines is 1. The van der Waals surface area contributed by atoms with Crippen LogP contribution >= 0.6 is 11.6 Å². The van der Waals surface area contributed by atoms with Crippen molar-refractivity contribution >= 4 is 40.2 Å². The molecule has 15 nitrogen and oxygen atoms in total. The summed E-state index contributed by atoms with van der Waals surface area (Å²) in [6, 6.07) is 4.63. The van der Waals surface area contributed by atoms with Crippen LogP contribution in [0.15, 0.2) is 59.7 Å². The molecule has 16 heteroatoms. The minimum Gasteiger partial charge on any atom is -0.394 e. The minimum absolute atomic E-state index is 0.0311. The maximum Gasteiger partial charge on any atom is 0.269 e. The van der Waals surface area contributed by atoms with Gasteiger partial charge in [0, 0.05) is 22.7 Å². The van der Waals surface area contributed by atoms with E-state index in [4.69, 9.17) is 16.3 Å². The topological polar surface area (TPSA) is 218 Å². The van der Waals surface area contributed by atoms with E-state index in [2.05, 4.69) is 25.6 Å². The van der Waals surface area contributed by atoms with Crippen LogP contribution in [-0.2, 0) is 9.53 Å². The van der Waals surface area contributed by atoms with E-state index in [1.165, 1.54) is 41.5 Å². The number of nitrogens with one attached hydrogen (secondary N) is 2. The average Bonchev–Trinajstić information content (AvgIpc) is 3.53. The Bertz CT molecular complexity index is 1530. The van der Waals surface area contributed by atoms with Crippen LogP contribution in [0.2, 0.25) is 0 Å². The van der Waals surface area contributed by atoms with Gasteiger partial charge in [-0.05, 0) is 24.6 Å². The van der Waals surface area contributed by atoms with Gasteiger partial charge < -0.3 is 35.8 Å². The molecule has 1 fully saturated rings. The number of aliphatic hydroxyl groups excluding tert-OH is 4. The summed E-state index contributed by atoms with van der Waals surface area (Å²) in [4.78, 5) is 36.5. The normalized spacial score (nSPS) is 26.8. The van der Waals surface area contributed by atoms with Gasteiger partial charge in [0.2, 0.25) is 5.91 Å². The van der Waals surface area contributed by atoms with E-state index >= 15 is 0 Å². The molecular formula is C25H26ClN7O8. The summed E-state index contributed by atoms with van der Waals surface area (Å²) >= 11 is 5.84. The van der Waals surface area contributed by atoms with Crippen LogP contribution in [0.4, 0.5) is 11.5 Å². The number of rotatable bonds is 8. The standard InChI is InChI=1S/C25H26ClN7O8/c1-11(12-2-4-13(5-3-12)33(39)40)30-22-18-23(28-9-27-22)32(10-29-18)25-17(21(37)16(8-34)41-25)31-24(38)14-6-7-15(26)20(36)19(14)35/h2-7,9-11,16-17,19-21,25,34-37H,8H2,1H3,(H,31,38)(H,27,28,30)/t11-,16-,17-,19?,20?,21-,25-/m1/s1. The number of halogens is 1. The molecule has 41 heavy (non-hydrogen) atoms. The molecule has 0 saturated carbocycles. The van der Waals surface area contributed by atoms with Gasteiger partial charge in [0.05, 0.1) is 23.9 Å². The van der Waals surface area contributed by atoms with Gasteiger partial charge in [0.1, 0.15) is 36.8 Å². The molecule has 0 bridgehead atoms. The smallest absolute Gasteiger partial charge is 0.269 e. The van der Waals surface area contributed by atoms with Crippen LogP contribution in [0, 0.1) is 10.1 Å². The zero-order valence-corrected chi connectivity index (χ0v) is 22.2. The fourth-order valence-corrected chi connectivity index (χ4v) is 4.92. The number of hydrogen-bond acceptors (Lipinski definition) is 12. The van der Waals surface area contributed by atoms with Crippen LogP contribution in [0.25, 0.3) is 11.2 Å². The lowest BCUT2D eigenvalue weighted by Gasteiger charge is -2.27. The number of fused-ring (bicyclic) bond motifs is 1. The maximum atomic E-state index is 13.1. The molecule has 1 amide bonds. The second kappa shape index (κ2) is 11.5. The number of nitro benzene ring substituents is 1. The van der Waals surface area contributed by atoms with Crippen molar-refractivity contribution in [1.82, 2.24) is 24.8 Å². The van der Waals surface area contributed by atoms with Gasteiger partial charge in [-0.2, -0.15) is 0 Å². The van der Waals surface area contributed by atoms with E-state index < -0.39 is 54.1 Å². The number of hydrogen-bond donors (Lipinski definition) is 6. The van der Waals surface area contributed by atoms with Gasteiger partial charge in [0.25, 0.3) is 5.69 Å². The molecule has 1 aliphatic carbocycles. The third kappa shape index (κ3) is 5.38. The Kier molecular flexibility index (Phi) is 7.99. The number of allylic oxidation sites excluding steroid dienone is 2. The number of amides is 1. The molecule has 1 aromatic carbocycles. The van der Waals surface area contributed by atoms with Crippen molar-refractivity contribution in [2.75, 3.05) is 11.9 Å². The lowest BCUT2D eigenvalue weighted by molar-refractivity contribution is -0.384. The van der Waals surface area contributed by atoms with Crippen LogP contribution in [0.1, 0.15) is 24.8 Å². The first kappa shape index (κ1) is 28.5. The van der Waals surface area contributed by atoms with Crippen molar-refractivity contribution in [2.45, 2.75) is 49.7 Å². The second-order valence-corrected chi connectivity index (χ2v) is 10.00. The molecule has 3 aromatic rings. The zero-order valence-electron chi connectivity index (χ0n) is 21.4. The van der Waals surface area contributed by atoms with E-state index in [9.17, 15) is 35.3 Å². The number of nitro groups is 1. The first-order chi connectivity index (χ1) is 19.6. The first-order valence-corrected chi connectivity index (χ1v) is 12.9. The number of ether oxygens (including phenoxy) is 1. The van der Waals surface area contributed by atoms with Gasteiger partial charge >= 0.3 is 0 Å². The SMILES string of the molecule is C[C@@H](Nc1ncnc2c1ncn2[C@@H]1O[C@H](CO)[C@@H](O)[C@H]1NC(=O)C1=CC=C(Cl)C(O)C1O)c1ccc([N+](=O)[O-])cc1. The third-order valence-electron chi connectivity index (χ3n) is 7.02. The number of nitrogens with zero attached hydrogens (tertiary/aromatic N) is 5. The molecule has 2 aliphatic rings. The maximum absolute atomic E-state index is 13.1. The van der Waals surface area contributed by atoms with Crippen LogP contribution in [-0.4, -0.2) is 87.8 Å². The van der Waals surface area contributed by atoms with Crippen LogP contribution in [0.3, 0.4) is 0 Å². The predicted molar refractivity (Wildman–Crippen MR) is 143 cm³/mol. The van der Waals surface area contributed by atoms with Gasteiger partial charge in [0.15, 0.2) is 23.2 Å². The third-order valence-corrected chi connectivity index (χ3v) is 7.37.